The van der Waals surface area contributed by atoms with E-state index in [-0.39, 0.29) is 18.0 Å². The van der Waals surface area contributed by atoms with Gasteiger partial charge in [0.05, 0.1) is 6.61 Å². The van der Waals surface area contributed by atoms with Crippen LogP contribution in [0.1, 0.15) is 13.8 Å². The van der Waals surface area contributed by atoms with Crippen molar-refractivity contribution in [1.82, 2.24) is 5.32 Å². The Kier molecular flexibility index (Phi) is 4.61. The summed E-state index contributed by atoms with van der Waals surface area (Å²) in [5, 5.41) is 2.63. The number of nitrogens with one attached hydrogen (secondary N) is 1. The van der Waals surface area contributed by atoms with Gasteiger partial charge in [-0.3, -0.25) is 14.6 Å². The summed E-state index contributed by atoms with van der Waals surface area (Å²) in [6.45, 7) is 3.94. The molecule has 2 atom stereocenters. The van der Waals surface area contributed by atoms with Crippen LogP contribution < -0.4 is 5.32 Å². The highest BCUT2D eigenvalue weighted by Gasteiger charge is 2.31. The van der Waals surface area contributed by atoms with Crippen LogP contribution in [0.4, 0.5) is 0 Å². The summed E-state index contributed by atoms with van der Waals surface area (Å²) >= 11 is 1.50. The largest absolute Gasteiger partial charge is 0.465 e. The zero-order valence-corrected chi connectivity index (χ0v) is 9.54. The van der Waals surface area contributed by atoms with E-state index in [4.69, 9.17) is 4.74 Å². The summed E-state index contributed by atoms with van der Waals surface area (Å²) in [4.78, 5) is 26.8. The molecule has 15 heavy (non-hydrogen) atoms. The van der Waals surface area contributed by atoms with Crippen LogP contribution in [0.15, 0.2) is 4.99 Å². The average Bonchev–Trinajstić information content (AvgIpc) is 2.18. The van der Waals surface area contributed by atoms with Gasteiger partial charge in [0.2, 0.25) is 5.91 Å². The maximum absolute atomic E-state index is 11.5. The Labute approximate surface area is 92.7 Å². The van der Waals surface area contributed by atoms with Crippen molar-refractivity contribution in [3.63, 3.8) is 0 Å². The van der Waals surface area contributed by atoms with Gasteiger partial charge in [0.1, 0.15) is 0 Å². The topological polar surface area (TPSA) is 67.8 Å². The maximum Gasteiger partial charge on any atom is 0.324 e. The van der Waals surface area contributed by atoms with Crippen LogP contribution >= 0.6 is 11.8 Å². The van der Waals surface area contributed by atoms with Gasteiger partial charge in [0, 0.05) is 6.21 Å². The second kappa shape index (κ2) is 5.75. The highest BCUT2D eigenvalue weighted by atomic mass is 32.2. The Morgan fingerprint density at radius 3 is 2.93 bits per heavy atom. The summed E-state index contributed by atoms with van der Waals surface area (Å²) in [5.74, 6) is -0.918. The van der Waals surface area contributed by atoms with Gasteiger partial charge in [-0.15, -0.1) is 11.8 Å². The van der Waals surface area contributed by atoms with Crippen molar-refractivity contribution >= 4 is 29.9 Å². The van der Waals surface area contributed by atoms with Crippen molar-refractivity contribution in [3.05, 3.63) is 0 Å². The SMILES string of the molecule is CCOC(=O)C1C=NC(SCC)NC1=O. The quantitative estimate of drug-likeness (QED) is 0.561. The lowest BCUT2D eigenvalue weighted by atomic mass is 10.1. The van der Waals surface area contributed by atoms with Crippen molar-refractivity contribution in [2.24, 2.45) is 10.9 Å². The predicted octanol–water partition coefficient (Wildman–Crippen LogP) is 0.403. The number of ether oxygens (including phenoxy) is 1. The number of hydrogen-bond acceptors (Lipinski definition) is 5. The minimum absolute atomic E-state index is 0.267. The van der Waals surface area contributed by atoms with Crippen molar-refractivity contribution in [2.45, 2.75) is 19.3 Å². The number of thioether (sulfide) groups is 1. The monoisotopic (exact) mass is 230 g/mol. The number of esters is 1. The number of carbonyl (C=O) groups excluding carboxylic acids is 2. The fourth-order valence-corrected chi connectivity index (χ4v) is 1.79. The standard InChI is InChI=1S/C9H14N2O3S/c1-3-14-8(13)6-5-10-9(15-4-2)11-7(6)12/h5-6,9H,3-4H2,1-2H3,(H,11,12). The van der Waals surface area contributed by atoms with E-state index in [1.165, 1.54) is 18.0 Å². The average molecular weight is 230 g/mol. The Balaban J connectivity index is 2.59. The van der Waals surface area contributed by atoms with E-state index in [9.17, 15) is 9.59 Å². The first-order valence-corrected chi connectivity index (χ1v) is 5.85. The van der Waals surface area contributed by atoms with Crippen LogP contribution in [0.2, 0.25) is 0 Å². The zero-order chi connectivity index (χ0) is 11.3. The molecule has 6 heteroatoms. The molecule has 0 radical (unpaired) electrons. The second-order valence-electron chi connectivity index (χ2n) is 2.84. The van der Waals surface area contributed by atoms with Crippen LogP contribution in [0, 0.1) is 5.92 Å². The molecule has 1 aliphatic rings. The molecule has 0 aliphatic carbocycles. The zero-order valence-electron chi connectivity index (χ0n) is 8.73. The van der Waals surface area contributed by atoms with E-state index < -0.39 is 11.9 Å². The Morgan fingerprint density at radius 1 is 1.67 bits per heavy atom. The van der Waals surface area contributed by atoms with E-state index in [0.717, 1.165) is 5.75 Å². The lowest BCUT2D eigenvalue weighted by Gasteiger charge is -2.21. The summed E-state index contributed by atoms with van der Waals surface area (Å²) in [6, 6.07) is 0. The smallest absolute Gasteiger partial charge is 0.324 e. The molecule has 0 aromatic heterocycles. The van der Waals surface area contributed by atoms with Crippen molar-refractivity contribution < 1.29 is 14.3 Å². The number of amides is 1. The summed E-state index contributed by atoms with van der Waals surface area (Å²) < 4.78 is 4.75. The van der Waals surface area contributed by atoms with Crippen LogP contribution in [0.25, 0.3) is 0 Å². The maximum atomic E-state index is 11.5. The van der Waals surface area contributed by atoms with E-state index in [0.29, 0.717) is 0 Å². The summed E-state index contributed by atoms with van der Waals surface area (Å²) in [7, 11) is 0. The molecule has 0 bridgehead atoms. The minimum Gasteiger partial charge on any atom is -0.465 e. The van der Waals surface area contributed by atoms with Crippen LogP contribution in [-0.2, 0) is 14.3 Å². The highest BCUT2D eigenvalue weighted by Crippen LogP contribution is 2.14. The van der Waals surface area contributed by atoms with Gasteiger partial charge in [-0.2, -0.15) is 0 Å². The molecule has 1 rings (SSSR count). The first-order chi connectivity index (χ1) is 7.19. The fourth-order valence-electron chi connectivity index (χ4n) is 1.12. The Hall–Kier alpha value is -1.04. The van der Waals surface area contributed by atoms with Crippen molar-refractivity contribution in [1.29, 1.82) is 0 Å². The van der Waals surface area contributed by atoms with E-state index >= 15 is 0 Å². The normalized spacial score (nSPS) is 24.8. The molecular weight excluding hydrogens is 216 g/mol. The molecule has 0 saturated heterocycles. The minimum atomic E-state index is -0.890. The second-order valence-corrected chi connectivity index (χ2v) is 4.20. The molecule has 0 aromatic rings. The number of hydrogen-bond donors (Lipinski definition) is 1. The first kappa shape index (κ1) is 12.0. The fraction of sp³-hybridized carbons (Fsp3) is 0.667. The van der Waals surface area contributed by atoms with Crippen LogP contribution in [0.5, 0.6) is 0 Å². The third-order valence-corrected chi connectivity index (χ3v) is 2.67. The van der Waals surface area contributed by atoms with E-state index in [1.54, 1.807) is 6.92 Å². The van der Waals surface area contributed by atoms with Gasteiger partial charge in [-0.1, -0.05) is 6.92 Å². The summed E-state index contributed by atoms with van der Waals surface area (Å²) in [5.41, 5.74) is -0.270. The predicted molar refractivity (Wildman–Crippen MR) is 58.7 cm³/mol. The van der Waals surface area contributed by atoms with Gasteiger partial charge in [0.15, 0.2) is 11.4 Å². The molecule has 1 amide bonds. The molecule has 2 unspecified atom stereocenters. The van der Waals surface area contributed by atoms with Gasteiger partial charge in [0.25, 0.3) is 0 Å². The molecule has 1 aliphatic heterocycles. The van der Waals surface area contributed by atoms with Crippen molar-refractivity contribution in [3.8, 4) is 0 Å². The van der Waals surface area contributed by atoms with Crippen molar-refractivity contribution in [2.75, 3.05) is 12.4 Å². The highest BCUT2D eigenvalue weighted by molar-refractivity contribution is 7.99. The molecule has 0 aromatic carbocycles. The molecular formula is C9H14N2O3S. The lowest BCUT2D eigenvalue weighted by Crippen LogP contribution is -2.44. The molecule has 1 heterocycles. The lowest BCUT2D eigenvalue weighted by molar-refractivity contribution is -0.149. The number of aliphatic imine (C=N–C) groups is 1. The van der Waals surface area contributed by atoms with E-state index in [2.05, 4.69) is 10.3 Å². The first-order valence-electron chi connectivity index (χ1n) is 4.81. The van der Waals surface area contributed by atoms with Gasteiger partial charge < -0.3 is 10.1 Å². The third-order valence-electron chi connectivity index (χ3n) is 1.78. The van der Waals surface area contributed by atoms with Crippen LogP contribution in [-0.4, -0.2) is 35.9 Å². The van der Waals surface area contributed by atoms with Crippen LogP contribution in [0.3, 0.4) is 0 Å². The molecule has 5 nitrogen and oxygen atoms in total. The molecule has 0 saturated carbocycles. The molecule has 84 valence electrons. The molecule has 0 fully saturated rings. The number of rotatable bonds is 4. The summed E-state index contributed by atoms with van der Waals surface area (Å²) in [6.07, 6.45) is 1.37. The Bertz CT molecular complexity index is 281. The van der Waals surface area contributed by atoms with Gasteiger partial charge in [-0.25, -0.2) is 0 Å². The molecule has 1 N–H and O–H groups in total. The van der Waals surface area contributed by atoms with Gasteiger partial charge >= 0.3 is 5.97 Å². The molecule has 0 spiro atoms. The third kappa shape index (κ3) is 3.23. The Morgan fingerprint density at radius 2 is 2.40 bits per heavy atom. The number of carbonyl (C=O) groups is 2. The van der Waals surface area contributed by atoms with Gasteiger partial charge in [-0.05, 0) is 12.7 Å². The number of nitrogens with zero attached hydrogens (tertiary/aromatic N) is 1. The van der Waals surface area contributed by atoms with E-state index in [1.807, 2.05) is 6.92 Å².